The van der Waals surface area contributed by atoms with Crippen LogP contribution in [0.1, 0.15) is 0 Å². The van der Waals surface area contributed by atoms with Crippen LogP contribution in [0.25, 0.3) is 0 Å². The van der Waals surface area contributed by atoms with Crippen molar-refractivity contribution >= 4 is 17.5 Å². The molecule has 1 amide bonds. The Morgan fingerprint density at radius 1 is 1.44 bits per heavy atom. The van der Waals surface area contributed by atoms with E-state index in [-0.39, 0.29) is 18.0 Å². The fourth-order valence-electron chi connectivity index (χ4n) is 1.48. The number of carbonyl (C=O) groups excluding carboxylic acids is 1. The van der Waals surface area contributed by atoms with Crippen molar-refractivity contribution in [2.45, 2.75) is 0 Å². The highest BCUT2D eigenvalue weighted by atomic mass is 16.6. The second kappa shape index (κ2) is 3.65. The third kappa shape index (κ3) is 1.50. The zero-order chi connectivity index (χ0) is 11.7. The minimum Gasteiger partial charge on any atom is -0.442 e. The third-order valence-electron chi connectivity index (χ3n) is 2.18. The van der Waals surface area contributed by atoms with Gasteiger partial charge in [0.2, 0.25) is 0 Å². The topological polar surface area (TPSA) is 72.7 Å². The number of anilines is 1. The first-order valence-corrected chi connectivity index (χ1v) is 4.49. The van der Waals surface area contributed by atoms with Gasteiger partial charge in [0.15, 0.2) is 0 Å². The molecule has 82 valence electrons. The fourth-order valence-corrected chi connectivity index (χ4v) is 1.48. The molecule has 0 N–H and O–H groups in total. The maximum Gasteiger partial charge on any atom is 0.419 e. The zero-order valence-electron chi connectivity index (χ0n) is 8.25. The van der Waals surface area contributed by atoms with Gasteiger partial charge in [0, 0.05) is 6.07 Å². The summed E-state index contributed by atoms with van der Waals surface area (Å²) < 4.78 is 4.73. The number of rotatable bonds is 2. The van der Waals surface area contributed by atoms with Gasteiger partial charge in [-0.15, -0.1) is 0 Å². The van der Waals surface area contributed by atoms with Crippen molar-refractivity contribution in [2.24, 2.45) is 0 Å². The second-order valence-electron chi connectivity index (χ2n) is 3.20. The first-order valence-electron chi connectivity index (χ1n) is 4.49. The summed E-state index contributed by atoms with van der Waals surface area (Å²) in [6.07, 6.45) is -0.640. The molecule has 0 atom stereocenters. The van der Waals surface area contributed by atoms with E-state index >= 15 is 0 Å². The molecule has 1 heterocycles. The number of amides is 1. The number of nitro groups is 1. The summed E-state index contributed by atoms with van der Waals surface area (Å²) in [6.45, 7) is 3.68. The maximum absolute atomic E-state index is 11.4. The lowest BCUT2D eigenvalue weighted by Gasteiger charge is -2.13. The van der Waals surface area contributed by atoms with Crippen molar-refractivity contribution < 1.29 is 14.5 Å². The monoisotopic (exact) mass is 220 g/mol. The number of ether oxygens (including phenoxy) is 1. The third-order valence-corrected chi connectivity index (χ3v) is 2.18. The number of nitrogens with zero attached hydrogens (tertiary/aromatic N) is 2. The van der Waals surface area contributed by atoms with Crippen molar-refractivity contribution in [3.8, 4) is 0 Å². The van der Waals surface area contributed by atoms with Crippen LogP contribution in [0.2, 0.25) is 0 Å². The number of hydrogen-bond donors (Lipinski definition) is 0. The Labute approximate surface area is 90.9 Å². The van der Waals surface area contributed by atoms with Gasteiger partial charge in [-0.3, -0.25) is 10.1 Å². The predicted octanol–water partition coefficient (Wildman–Crippen LogP) is 2.07. The molecule has 6 nitrogen and oxygen atoms in total. The van der Waals surface area contributed by atoms with Crippen LogP contribution in [0.5, 0.6) is 0 Å². The summed E-state index contributed by atoms with van der Waals surface area (Å²) >= 11 is 0. The first-order chi connectivity index (χ1) is 7.61. The van der Waals surface area contributed by atoms with E-state index in [1.807, 2.05) is 0 Å². The lowest BCUT2D eigenvalue weighted by Crippen LogP contribution is -2.22. The van der Waals surface area contributed by atoms with Gasteiger partial charge in [-0.2, -0.15) is 0 Å². The van der Waals surface area contributed by atoms with Gasteiger partial charge in [0.05, 0.1) is 10.6 Å². The van der Waals surface area contributed by atoms with Crippen molar-refractivity contribution in [2.75, 3.05) is 11.5 Å². The maximum atomic E-state index is 11.4. The molecule has 0 spiro atoms. The van der Waals surface area contributed by atoms with Crippen molar-refractivity contribution in [3.63, 3.8) is 0 Å². The SMILES string of the molecule is C=C1COC(=O)N1c1ccccc1[N+](=O)[O-]. The Balaban J connectivity index is 2.51. The molecule has 0 unspecified atom stereocenters. The largest absolute Gasteiger partial charge is 0.442 e. The number of para-hydroxylation sites is 2. The lowest BCUT2D eigenvalue weighted by atomic mass is 10.2. The smallest absolute Gasteiger partial charge is 0.419 e. The number of nitro benzene ring substituents is 1. The van der Waals surface area contributed by atoms with Gasteiger partial charge in [-0.05, 0) is 6.07 Å². The van der Waals surface area contributed by atoms with Crippen LogP contribution < -0.4 is 4.90 Å². The Morgan fingerprint density at radius 2 is 2.12 bits per heavy atom. The molecule has 2 rings (SSSR count). The van der Waals surface area contributed by atoms with E-state index in [1.54, 1.807) is 6.07 Å². The molecular formula is C10H8N2O4. The highest BCUT2D eigenvalue weighted by molar-refractivity contribution is 5.96. The second-order valence-corrected chi connectivity index (χ2v) is 3.20. The molecule has 0 aromatic heterocycles. The fraction of sp³-hybridized carbons (Fsp3) is 0.100. The molecule has 1 aliphatic rings. The molecule has 1 fully saturated rings. The summed E-state index contributed by atoms with van der Waals surface area (Å²) in [7, 11) is 0. The van der Waals surface area contributed by atoms with Gasteiger partial charge in [-0.25, -0.2) is 9.69 Å². The van der Waals surface area contributed by atoms with Crippen molar-refractivity contribution in [3.05, 3.63) is 46.7 Å². The lowest BCUT2D eigenvalue weighted by molar-refractivity contribution is -0.384. The number of benzene rings is 1. The predicted molar refractivity (Wildman–Crippen MR) is 56.1 cm³/mol. The minimum atomic E-state index is -0.640. The Hall–Kier alpha value is -2.37. The number of carbonyl (C=O) groups is 1. The molecule has 1 saturated heterocycles. The van der Waals surface area contributed by atoms with Crippen molar-refractivity contribution in [1.29, 1.82) is 0 Å². The first kappa shape index (κ1) is 10.2. The van der Waals surface area contributed by atoms with Crippen LogP contribution in [-0.2, 0) is 4.74 Å². The Morgan fingerprint density at radius 3 is 2.69 bits per heavy atom. The zero-order valence-corrected chi connectivity index (χ0v) is 8.25. The molecular weight excluding hydrogens is 212 g/mol. The summed E-state index contributed by atoms with van der Waals surface area (Å²) in [5, 5.41) is 10.8. The summed E-state index contributed by atoms with van der Waals surface area (Å²) in [4.78, 5) is 22.7. The van der Waals surface area contributed by atoms with Crippen LogP contribution in [-0.4, -0.2) is 17.6 Å². The van der Waals surface area contributed by atoms with E-state index in [2.05, 4.69) is 6.58 Å². The van der Waals surface area contributed by atoms with Gasteiger partial charge in [0.25, 0.3) is 5.69 Å². The summed E-state index contributed by atoms with van der Waals surface area (Å²) in [6, 6.07) is 5.96. The van der Waals surface area contributed by atoms with Crippen LogP contribution in [0.4, 0.5) is 16.2 Å². The molecule has 1 aromatic rings. The average Bonchev–Trinajstić information content (AvgIpc) is 2.58. The number of cyclic esters (lactones) is 1. The van der Waals surface area contributed by atoms with Crippen LogP contribution >= 0.6 is 0 Å². The van der Waals surface area contributed by atoms with E-state index < -0.39 is 11.0 Å². The molecule has 6 heteroatoms. The quantitative estimate of drug-likeness (QED) is 0.564. The molecule has 0 bridgehead atoms. The van der Waals surface area contributed by atoms with E-state index in [0.717, 1.165) is 4.90 Å². The summed E-state index contributed by atoms with van der Waals surface area (Å²) in [5.41, 5.74) is 0.418. The van der Waals surface area contributed by atoms with Crippen LogP contribution in [0.3, 0.4) is 0 Å². The van der Waals surface area contributed by atoms with Crippen molar-refractivity contribution in [1.82, 2.24) is 0 Å². The van der Waals surface area contributed by atoms with Gasteiger partial charge >= 0.3 is 6.09 Å². The van der Waals surface area contributed by atoms with Gasteiger partial charge in [0.1, 0.15) is 12.3 Å². The molecule has 0 saturated carbocycles. The van der Waals surface area contributed by atoms with E-state index in [0.29, 0.717) is 5.70 Å². The molecule has 1 aliphatic heterocycles. The van der Waals surface area contributed by atoms with E-state index in [9.17, 15) is 14.9 Å². The molecule has 0 aliphatic carbocycles. The van der Waals surface area contributed by atoms with Crippen LogP contribution in [0, 0.1) is 10.1 Å². The standard InChI is InChI=1S/C10H8N2O4/c1-7-6-16-10(13)11(7)8-4-2-3-5-9(8)12(14)15/h2-5H,1,6H2. The normalized spacial score (nSPS) is 15.1. The Kier molecular flexibility index (Phi) is 2.32. The minimum absolute atomic E-state index is 0.0604. The highest BCUT2D eigenvalue weighted by Gasteiger charge is 2.32. The van der Waals surface area contributed by atoms with E-state index in [1.165, 1.54) is 18.2 Å². The van der Waals surface area contributed by atoms with Gasteiger partial charge < -0.3 is 4.74 Å². The molecule has 0 radical (unpaired) electrons. The average molecular weight is 220 g/mol. The van der Waals surface area contributed by atoms with Gasteiger partial charge in [-0.1, -0.05) is 18.7 Å². The number of hydrogen-bond acceptors (Lipinski definition) is 4. The summed E-state index contributed by atoms with van der Waals surface area (Å²) in [5.74, 6) is 0. The van der Waals surface area contributed by atoms with E-state index in [4.69, 9.17) is 4.74 Å². The highest BCUT2D eigenvalue weighted by Crippen LogP contribution is 2.32. The van der Waals surface area contributed by atoms with Crippen LogP contribution in [0.15, 0.2) is 36.5 Å². The molecule has 1 aromatic carbocycles. The molecule has 16 heavy (non-hydrogen) atoms. The Bertz CT molecular complexity index is 467.